The predicted molar refractivity (Wildman–Crippen MR) is 96.3 cm³/mol. The molecule has 2 aromatic rings. The van der Waals surface area contributed by atoms with Crippen LogP contribution in [0.2, 0.25) is 0 Å². The first-order valence-corrected chi connectivity index (χ1v) is 8.50. The van der Waals surface area contributed by atoms with Crippen molar-refractivity contribution in [3.05, 3.63) is 53.1 Å². The lowest BCUT2D eigenvalue weighted by molar-refractivity contribution is -0.148. The summed E-state index contributed by atoms with van der Waals surface area (Å²) in [7, 11) is 1.33. The molecular weight excluding hydrogens is 359 g/mol. The van der Waals surface area contributed by atoms with Crippen molar-refractivity contribution in [2.75, 3.05) is 5.32 Å². The molecular formula is C19H22F3N3O2. The minimum absolute atomic E-state index is 0.265. The molecule has 27 heavy (non-hydrogen) atoms. The number of carbonyl (C=O) groups is 2. The van der Waals surface area contributed by atoms with Gasteiger partial charge in [-0.2, -0.15) is 8.78 Å². The number of amides is 2. The van der Waals surface area contributed by atoms with Gasteiger partial charge in [0.05, 0.1) is 5.56 Å². The number of halogens is 3. The van der Waals surface area contributed by atoms with E-state index in [0.29, 0.717) is 12.0 Å². The van der Waals surface area contributed by atoms with Crippen molar-refractivity contribution in [2.24, 2.45) is 7.05 Å². The summed E-state index contributed by atoms with van der Waals surface area (Å²) in [6.45, 7) is 4.89. The topological polar surface area (TPSA) is 63.1 Å². The Labute approximate surface area is 155 Å². The van der Waals surface area contributed by atoms with Crippen LogP contribution in [0.5, 0.6) is 0 Å². The van der Waals surface area contributed by atoms with Gasteiger partial charge in [-0.25, -0.2) is 4.39 Å². The highest BCUT2D eigenvalue weighted by Gasteiger charge is 2.46. The number of nitrogens with one attached hydrogen (secondary N) is 2. The van der Waals surface area contributed by atoms with Gasteiger partial charge in [-0.05, 0) is 50.1 Å². The molecule has 2 rings (SSSR count). The summed E-state index contributed by atoms with van der Waals surface area (Å²) in [5, 5.41) is 4.70. The number of hydrogen-bond acceptors (Lipinski definition) is 2. The van der Waals surface area contributed by atoms with Crippen LogP contribution in [-0.2, 0) is 17.8 Å². The third-order valence-corrected chi connectivity index (χ3v) is 4.31. The SMILES string of the molecule is CC[C@@H](C)NC(=O)C(F)(F)c1c(C(=O)Nc2ccc(F)c(C)c2)ccn1C. The third-order valence-electron chi connectivity index (χ3n) is 4.31. The van der Waals surface area contributed by atoms with E-state index >= 15 is 0 Å². The number of hydrogen-bond donors (Lipinski definition) is 2. The van der Waals surface area contributed by atoms with Crippen LogP contribution < -0.4 is 10.6 Å². The predicted octanol–water partition coefficient (Wildman–Crippen LogP) is 3.73. The number of aromatic nitrogens is 1. The Balaban J connectivity index is 2.33. The summed E-state index contributed by atoms with van der Waals surface area (Å²) in [6, 6.07) is 4.68. The fourth-order valence-electron chi connectivity index (χ4n) is 2.55. The molecule has 0 aliphatic carbocycles. The van der Waals surface area contributed by atoms with E-state index < -0.39 is 35.3 Å². The van der Waals surface area contributed by atoms with Gasteiger partial charge in [0.1, 0.15) is 11.5 Å². The summed E-state index contributed by atoms with van der Waals surface area (Å²) in [5.41, 5.74) is -0.469. The zero-order valence-corrected chi connectivity index (χ0v) is 15.6. The molecule has 1 aromatic carbocycles. The second-order valence-electron chi connectivity index (χ2n) is 6.46. The van der Waals surface area contributed by atoms with Crippen molar-refractivity contribution in [1.29, 1.82) is 0 Å². The first kappa shape index (κ1) is 20.5. The van der Waals surface area contributed by atoms with Crippen LogP contribution in [-0.4, -0.2) is 22.4 Å². The first-order valence-electron chi connectivity index (χ1n) is 8.50. The Bertz CT molecular complexity index is 862. The lowest BCUT2D eigenvalue weighted by Crippen LogP contribution is -2.44. The highest BCUT2D eigenvalue weighted by molar-refractivity contribution is 6.06. The molecule has 1 heterocycles. The summed E-state index contributed by atoms with van der Waals surface area (Å²) in [6.07, 6.45) is 1.77. The molecule has 1 aromatic heterocycles. The van der Waals surface area contributed by atoms with Crippen LogP contribution in [0.25, 0.3) is 0 Å². The van der Waals surface area contributed by atoms with E-state index in [2.05, 4.69) is 10.6 Å². The molecule has 0 fully saturated rings. The summed E-state index contributed by atoms with van der Waals surface area (Å²) >= 11 is 0. The monoisotopic (exact) mass is 381 g/mol. The van der Waals surface area contributed by atoms with E-state index in [9.17, 15) is 22.8 Å². The molecule has 0 unspecified atom stereocenters. The molecule has 146 valence electrons. The number of carbonyl (C=O) groups excluding carboxylic acids is 2. The van der Waals surface area contributed by atoms with E-state index in [4.69, 9.17) is 0 Å². The lowest BCUT2D eigenvalue weighted by atomic mass is 10.1. The van der Waals surface area contributed by atoms with Crippen molar-refractivity contribution in [3.8, 4) is 0 Å². The molecule has 0 aliphatic rings. The third kappa shape index (κ3) is 4.32. The number of alkyl halides is 2. The molecule has 0 saturated carbocycles. The molecule has 0 aliphatic heterocycles. The van der Waals surface area contributed by atoms with Crippen LogP contribution in [0, 0.1) is 12.7 Å². The first-order chi connectivity index (χ1) is 12.6. The average Bonchev–Trinajstić information content (AvgIpc) is 3.00. The van der Waals surface area contributed by atoms with Crippen molar-refractivity contribution in [2.45, 2.75) is 39.2 Å². The highest BCUT2D eigenvalue weighted by atomic mass is 19.3. The van der Waals surface area contributed by atoms with Gasteiger partial charge < -0.3 is 15.2 Å². The van der Waals surface area contributed by atoms with Crippen LogP contribution in [0.3, 0.4) is 0 Å². The lowest BCUT2D eigenvalue weighted by Gasteiger charge is -2.21. The van der Waals surface area contributed by atoms with Crippen molar-refractivity contribution in [3.63, 3.8) is 0 Å². The van der Waals surface area contributed by atoms with Gasteiger partial charge >= 0.3 is 5.92 Å². The smallest absolute Gasteiger partial charge is 0.348 e. The Kier molecular flexibility index (Phi) is 5.98. The van der Waals surface area contributed by atoms with Gasteiger partial charge in [0.15, 0.2) is 0 Å². The number of anilines is 1. The van der Waals surface area contributed by atoms with E-state index in [0.717, 1.165) is 4.57 Å². The highest BCUT2D eigenvalue weighted by Crippen LogP contribution is 2.32. The van der Waals surface area contributed by atoms with Gasteiger partial charge in [-0.15, -0.1) is 0 Å². The maximum Gasteiger partial charge on any atom is 0.364 e. The standard InChI is InChI=1S/C19H22F3N3O2/c1-5-12(3)23-18(27)19(21,22)16-14(8-9-25(16)4)17(26)24-13-6-7-15(20)11(2)10-13/h6-10,12H,5H2,1-4H3,(H,23,27)(H,24,26)/t12-/m1/s1. The molecule has 0 saturated heterocycles. The van der Waals surface area contributed by atoms with Crippen molar-refractivity contribution < 1.29 is 22.8 Å². The molecule has 0 spiro atoms. The van der Waals surface area contributed by atoms with E-state index in [-0.39, 0.29) is 11.3 Å². The molecule has 5 nitrogen and oxygen atoms in total. The summed E-state index contributed by atoms with van der Waals surface area (Å²) in [4.78, 5) is 24.6. The van der Waals surface area contributed by atoms with Gasteiger partial charge in [0.25, 0.3) is 11.8 Å². The largest absolute Gasteiger partial charge is 0.364 e. The maximum absolute atomic E-state index is 14.8. The van der Waals surface area contributed by atoms with E-state index in [1.165, 1.54) is 44.4 Å². The molecule has 2 amide bonds. The number of benzene rings is 1. The van der Waals surface area contributed by atoms with Gasteiger partial charge in [-0.1, -0.05) is 6.92 Å². The molecule has 0 radical (unpaired) electrons. The van der Waals surface area contributed by atoms with Gasteiger partial charge in [0, 0.05) is 25.0 Å². The van der Waals surface area contributed by atoms with Gasteiger partial charge in [-0.3, -0.25) is 9.59 Å². The van der Waals surface area contributed by atoms with Crippen molar-refractivity contribution in [1.82, 2.24) is 9.88 Å². The fourth-order valence-corrected chi connectivity index (χ4v) is 2.55. The number of aryl methyl sites for hydroxylation is 2. The second-order valence-corrected chi connectivity index (χ2v) is 6.46. The van der Waals surface area contributed by atoms with Gasteiger partial charge in [0.2, 0.25) is 0 Å². The van der Waals surface area contributed by atoms with Crippen LogP contribution >= 0.6 is 0 Å². The summed E-state index contributed by atoms with van der Waals surface area (Å²) in [5.74, 6) is -6.62. The molecule has 1 atom stereocenters. The Morgan fingerprint density at radius 3 is 2.52 bits per heavy atom. The number of nitrogens with zero attached hydrogens (tertiary/aromatic N) is 1. The maximum atomic E-state index is 14.8. The van der Waals surface area contributed by atoms with E-state index in [1.54, 1.807) is 13.8 Å². The molecule has 8 heteroatoms. The Morgan fingerprint density at radius 2 is 1.93 bits per heavy atom. The van der Waals surface area contributed by atoms with Crippen LogP contribution in [0.15, 0.2) is 30.5 Å². The zero-order valence-electron chi connectivity index (χ0n) is 15.6. The van der Waals surface area contributed by atoms with Crippen LogP contribution in [0.4, 0.5) is 18.9 Å². The Morgan fingerprint density at radius 1 is 1.26 bits per heavy atom. The fraction of sp³-hybridized carbons (Fsp3) is 0.368. The van der Waals surface area contributed by atoms with E-state index in [1.807, 2.05) is 0 Å². The zero-order chi connectivity index (χ0) is 20.4. The molecule has 0 bridgehead atoms. The normalized spacial score (nSPS) is 12.6. The molecule has 2 N–H and O–H groups in total. The minimum atomic E-state index is -3.90. The van der Waals surface area contributed by atoms with Crippen molar-refractivity contribution >= 4 is 17.5 Å². The Hall–Kier alpha value is -2.77. The second kappa shape index (κ2) is 7.85. The average molecular weight is 381 g/mol. The van der Waals surface area contributed by atoms with Crippen LogP contribution in [0.1, 0.15) is 41.9 Å². The number of rotatable bonds is 6. The minimum Gasteiger partial charge on any atom is -0.348 e. The summed E-state index contributed by atoms with van der Waals surface area (Å²) < 4.78 is 43.9. The quantitative estimate of drug-likeness (QED) is 0.801.